The summed E-state index contributed by atoms with van der Waals surface area (Å²) < 4.78 is 0. The molecule has 0 aromatic rings. The molecule has 0 spiro atoms. The van der Waals surface area contributed by atoms with Crippen LogP contribution in [0.25, 0.3) is 0 Å². The minimum Gasteiger partial charge on any atom is -0.547 e. The van der Waals surface area contributed by atoms with Gasteiger partial charge in [0, 0.05) is 0 Å². The van der Waals surface area contributed by atoms with Crippen LogP contribution in [0.3, 0.4) is 0 Å². The van der Waals surface area contributed by atoms with Crippen molar-refractivity contribution in [3.63, 3.8) is 0 Å². The molecule has 0 aliphatic heterocycles. The predicted octanol–water partition coefficient (Wildman–Crippen LogP) is 1.53. The van der Waals surface area contributed by atoms with Crippen LogP contribution in [-0.4, -0.2) is 17.2 Å². The molecule has 0 rings (SSSR count). The van der Waals surface area contributed by atoms with Gasteiger partial charge in [-0.2, -0.15) is 0 Å². The van der Waals surface area contributed by atoms with Crippen molar-refractivity contribution in [3.8, 4) is 0 Å². The maximum atomic E-state index is 10.3. The van der Waals surface area contributed by atoms with E-state index in [2.05, 4.69) is 19.1 Å². The van der Waals surface area contributed by atoms with Gasteiger partial charge in [0.1, 0.15) is 0 Å². The second kappa shape index (κ2) is 21.2. The van der Waals surface area contributed by atoms with Crippen molar-refractivity contribution >= 4 is 5.97 Å². The summed E-state index contributed by atoms with van der Waals surface area (Å²) in [7, 11) is 0. The van der Waals surface area contributed by atoms with Crippen molar-refractivity contribution in [2.75, 3.05) is 0 Å². The number of aliphatic carboxylic acids is 1. The smallest absolute Gasteiger partial charge is 0.547 e. The van der Waals surface area contributed by atoms with Crippen molar-refractivity contribution in [2.45, 2.75) is 109 Å². The Kier molecular flexibility index (Phi) is 23.3. The van der Waals surface area contributed by atoms with Crippen LogP contribution < -0.4 is 34.7 Å². The molecule has 0 aliphatic carbocycles. The van der Waals surface area contributed by atoms with Crippen molar-refractivity contribution in [3.05, 3.63) is 12.2 Å². The fourth-order valence-corrected chi connectivity index (χ4v) is 2.70. The number of hydrogen-bond acceptors (Lipinski definition) is 3. The van der Waals surface area contributed by atoms with E-state index in [-0.39, 0.29) is 29.6 Å². The van der Waals surface area contributed by atoms with Crippen LogP contribution in [0.15, 0.2) is 12.2 Å². The first-order valence-electron chi connectivity index (χ1n) is 9.72. The third-order valence-electron chi connectivity index (χ3n) is 4.26. The van der Waals surface area contributed by atoms with Crippen LogP contribution in [0.5, 0.6) is 0 Å². The van der Waals surface area contributed by atoms with Crippen LogP contribution in [0.2, 0.25) is 0 Å². The van der Waals surface area contributed by atoms with Gasteiger partial charge in [-0.25, -0.2) is 0 Å². The van der Waals surface area contributed by atoms with Gasteiger partial charge in [-0.1, -0.05) is 83.3 Å². The Morgan fingerprint density at radius 2 is 1.25 bits per heavy atom. The van der Waals surface area contributed by atoms with Crippen LogP contribution in [0.1, 0.15) is 103 Å². The number of rotatable bonds is 17. The monoisotopic (exact) mass is 348 g/mol. The van der Waals surface area contributed by atoms with E-state index in [4.69, 9.17) is 5.11 Å². The molecule has 0 saturated carbocycles. The molecule has 0 amide bonds. The van der Waals surface area contributed by atoms with Crippen LogP contribution >= 0.6 is 0 Å². The van der Waals surface area contributed by atoms with Crippen LogP contribution in [-0.2, 0) is 4.79 Å². The van der Waals surface area contributed by atoms with Gasteiger partial charge in [0.25, 0.3) is 0 Å². The summed E-state index contributed by atoms with van der Waals surface area (Å²) in [6.07, 6.45) is 20.9. The maximum Gasteiger partial charge on any atom is 1.00 e. The molecular formula is C20H37NaO3. The van der Waals surface area contributed by atoms with E-state index in [1.807, 2.05) is 0 Å². The molecule has 0 radical (unpaired) electrons. The van der Waals surface area contributed by atoms with Crippen molar-refractivity contribution in [1.82, 2.24) is 0 Å². The van der Waals surface area contributed by atoms with E-state index < -0.39 is 12.1 Å². The number of carboxylic acids is 1. The molecule has 136 valence electrons. The number of aliphatic hydroxyl groups excluding tert-OH is 1. The van der Waals surface area contributed by atoms with Crippen LogP contribution in [0.4, 0.5) is 0 Å². The van der Waals surface area contributed by atoms with E-state index in [9.17, 15) is 9.90 Å². The molecule has 1 N–H and O–H groups in total. The largest absolute Gasteiger partial charge is 1.00 e. The summed E-state index contributed by atoms with van der Waals surface area (Å²) in [5, 5.41) is 19.4. The zero-order chi connectivity index (χ0) is 17.2. The van der Waals surface area contributed by atoms with E-state index in [0.29, 0.717) is 6.42 Å². The first-order chi connectivity index (χ1) is 11.2. The SMILES string of the molecule is CCCCCCCC/C=C\CCCCCCCCC(O)C(=O)[O-].[Na+]. The molecule has 0 heterocycles. The molecule has 0 bridgehead atoms. The van der Waals surface area contributed by atoms with Gasteiger partial charge in [0.05, 0.1) is 12.1 Å². The molecule has 3 nitrogen and oxygen atoms in total. The van der Waals surface area contributed by atoms with Gasteiger partial charge in [-0.05, 0) is 32.1 Å². The molecule has 1 unspecified atom stereocenters. The van der Waals surface area contributed by atoms with Crippen molar-refractivity contribution in [2.24, 2.45) is 0 Å². The standard InChI is InChI=1S/C20H38O3.Na/c1-2-3-4-5-6-7-8-9-10-11-12-13-14-15-16-17-18-19(21)20(22)23;/h9-10,19,21H,2-8,11-18H2,1H3,(H,22,23);/q;+1/p-1/b10-9-;. The summed E-state index contributed by atoms with van der Waals surface area (Å²) in [6, 6.07) is 0. The summed E-state index contributed by atoms with van der Waals surface area (Å²) >= 11 is 0. The average Bonchev–Trinajstić information content (AvgIpc) is 2.54. The number of carbonyl (C=O) groups is 1. The zero-order valence-corrected chi connectivity index (χ0v) is 18.1. The van der Waals surface area contributed by atoms with Gasteiger partial charge in [0.15, 0.2) is 0 Å². The number of aliphatic hydroxyl groups is 1. The zero-order valence-electron chi connectivity index (χ0n) is 16.1. The number of carbonyl (C=O) groups excluding carboxylic acids is 1. The summed E-state index contributed by atoms with van der Waals surface area (Å²) in [5.74, 6) is -1.35. The first kappa shape index (κ1) is 26.4. The molecule has 0 aliphatic rings. The minimum absolute atomic E-state index is 0. The Morgan fingerprint density at radius 3 is 1.71 bits per heavy atom. The van der Waals surface area contributed by atoms with E-state index in [1.54, 1.807) is 0 Å². The molecule has 0 fully saturated rings. The quantitative estimate of drug-likeness (QED) is 0.246. The molecule has 0 aromatic heterocycles. The number of unbranched alkanes of at least 4 members (excludes halogenated alkanes) is 12. The fraction of sp³-hybridized carbons (Fsp3) is 0.850. The van der Waals surface area contributed by atoms with Gasteiger partial charge < -0.3 is 15.0 Å². The molecule has 1 atom stereocenters. The van der Waals surface area contributed by atoms with Crippen molar-refractivity contribution < 1.29 is 44.6 Å². The summed E-state index contributed by atoms with van der Waals surface area (Å²) in [6.45, 7) is 2.25. The first-order valence-corrected chi connectivity index (χ1v) is 9.72. The number of hydrogen-bond donors (Lipinski definition) is 1. The normalized spacial score (nSPS) is 12.2. The van der Waals surface area contributed by atoms with E-state index in [1.165, 1.54) is 70.6 Å². The van der Waals surface area contributed by atoms with Gasteiger partial charge in [-0.15, -0.1) is 0 Å². The van der Waals surface area contributed by atoms with Gasteiger partial charge in [0.2, 0.25) is 0 Å². The molecular weight excluding hydrogens is 311 g/mol. The van der Waals surface area contributed by atoms with Crippen molar-refractivity contribution in [1.29, 1.82) is 0 Å². The summed E-state index contributed by atoms with van der Waals surface area (Å²) in [4.78, 5) is 10.3. The Balaban J connectivity index is 0. The molecule has 24 heavy (non-hydrogen) atoms. The van der Waals surface area contributed by atoms with E-state index in [0.717, 1.165) is 19.3 Å². The second-order valence-corrected chi connectivity index (χ2v) is 6.56. The second-order valence-electron chi connectivity index (χ2n) is 6.56. The minimum atomic E-state index is -1.35. The third kappa shape index (κ3) is 20.2. The Hall–Kier alpha value is 0.170. The Bertz CT molecular complexity index is 293. The number of carboxylic acid groups (broad SMARTS) is 1. The molecule has 0 saturated heterocycles. The molecule has 4 heteroatoms. The Morgan fingerprint density at radius 1 is 0.833 bits per heavy atom. The average molecular weight is 349 g/mol. The van der Waals surface area contributed by atoms with Gasteiger partial charge in [-0.3, -0.25) is 0 Å². The fourth-order valence-electron chi connectivity index (χ4n) is 2.70. The maximum absolute atomic E-state index is 10.3. The van der Waals surface area contributed by atoms with E-state index >= 15 is 0 Å². The van der Waals surface area contributed by atoms with Crippen LogP contribution in [0, 0.1) is 0 Å². The third-order valence-corrected chi connectivity index (χ3v) is 4.26. The number of allylic oxidation sites excluding steroid dienone is 2. The predicted molar refractivity (Wildman–Crippen MR) is 95.1 cm³/mol. The van der Waals surface area contributed by atoms with Gasteiger partial charge >= 0.3 is 29.6 Å². The summed E-state index contributed by atoms with van der Waals surface area (Å²) in [5.41, 5.74) is 0. The Labute approximate surface area is 171 Å². The topological polar surface area (TPSA) is 60.4 Å². The molecule has 0 aromatic carbocycles.